The van der Waals surface area contributed by atoms with Gasteiger partial charge in [0.1, 0.15) is 30.6 Å². The Morgan fingerprint density at radius 3 is 1.40 bits per heavy atom. The Balaban J connectivity index is 0.000000813. The molecule has 0 amide bonds. The van der Waals surface area contributed by atoms with Gasteiger partial charge in [0.15, 0.2) is 0 Å². The number of rotatable bonds is 17. The first-order chi connectivity index (χ1) is 29.2. The molecule has 0 unspecified atom stereocenters. The summed E-state index contributed by atoms with van der Waals surface area (Å²) in [6.07, 6.45) is 13.6. The minimum atomic E-state index is -2.21. The Labute approximate surface area is 406 Å². The van der Waals surface area contributed by atoms with Crippen LogP contribution >= 0.6 is 49.9 Å². The molecule has 0 bridgehead atoms. The van der Waals surface area contributed by atoms with Crippen LogP contribution < -0.4 is 22.6 Å². The first kappa shape index (κ1) is 59.5. The number of halogens is 1. The molecule has 6 aromatic heterocycles. The summed E-state index contributed by atoms with van der Waals surface area (Å²) < 4.78 is 16.4. The monoisotopic (exact) mass is 1090 g/mol. The van der Waals surface area contributed by atoms with E-state index in [9.17, 15) is 14.4 Å². The number of thiazole rings is 3. The van der Waals surface area contributed by atoms with Crippen molar-refractivity contribution < 1.29 is 58.8 Å². The van der Waals surface area contributed by atoms with E-state index in [0.717, 1.165) is 11.3 Å². The van der Waals surface area contributed by atoms with Gasteiger partial charge in [-0.3, -0.25) is 9.97 Å². The van der Waals surface area contributed by atoms with Crippen LogP contribution in [-0.2, 0) is 9.47 Å². The third-order valence-corrected chi connectivity index (χ3v) is 27.3. The smallest absolute Gasteiger partial charge is 0.870 e. The zero-order valence-electron chi connectivity index (χ0n) is 36.7. The number of carboxylic acid groups (broad SMARTS) is 1. The Hall–Kier alpha value is -3.45. The van der Waals surface area contributed by atoms with Crippen molar-refractivity contribution in [3.8, 4) is 22.8 Å². The van der Waals surface area contributed by atoms with Gasteiger partial charge in [0, 0.05) is 12.4 Å². The van der Waals surface area contributed by atoms with Gasteiger partial charge in [-0.15, -0.1) is 34.0 Å². The Kier molecular flexibility index (Phi) is 32.1. The molecule has 63 heavy (non-hydrogen) atoms. The first-order valence-electron chi connectivity index (χ1n) is 19.9. The normalized spacial score (nSPS) is 10.0. The van der Waals surface area contributed by atoms with Gasteiger partial charge >= 0.3 is 161 Å². The number of aromatic nitrogens is 6. The molecule has 20 heteroatoms. The summed E-state index contributed by atoms with van der Waals surface area (Å²) in [4.78, 5) is 59.7. The van der Waals surface area contributed by atoms with Crippen molar-refractivity contribution in [2.75, 3.05) is 13.2 Å². The predicted octanol–water partition coefficient (Wildman–Crippen LogP) is 7.51. The quantitative estimate of drug-likeness (QED) is 0.0690. The zero-order valence-corrected chi connectivity index (χ0v) is 43.5. The standard InChI is InChI=1S/C11H10N2O2S.C9H6N2O2S.C6H6BrNO2S.C5H4N.3C4H9.Li.2H2O.Sn/c1-2-15-11(14)10-9(13-7-16-10)8-5-3-4-6-12-8;12-9(13)8-7(11-5-14-8)6-3-1-2-4-10-6;1-2-10-6(9)4-5(7)8-3-11-4;1-2-4-6-5-3-1;3*1-3-4-2;;;;/h3-7H,2H2,1H3;1-5H,(H,12,13);3H,2H2,1H3;1-4H;3*1,3-4H2,2H3;;2*1H2;/q;;;;;;;+1;;;/p-1. The molecule has 0 saturated carbocycles. The molecule has 0 aromatic carbocycles. The number of esters is 2. The van der Waals surface area contributed by atoms with E-state index >= 15 is 0 Å². The van der Waals surface area contributed by atoms with Crippen LogP contribution in [0.1, 0.15) is 102 Å². The number of pyridine rings is 3. The molecular weight excluding hydrogens is 1030 g/mol. The fourth-order valence-electron chi connectivity index (χ4n) is 5.90. The largest absolute Gasteiger partial charge is 1.00 e. The maximum atomic E-state index is 11.6. The molecule has 0 spiro atoms. The van der Waals surface area contributed by atoms with Crippen molar-refractivity contribution in [3.63, 3.8) is 0 Å². The number of hydrogen-bond acceptors (Lipinski definition) is 15. The number of nitrogens with zero attached hydrogens (tertiary/aromatic N) is 6. The number of carbonyl (C=O) groups excluding carboxylic acids is 2. The van der Waals surface area contributed by atoms with Crippen LogP contribution in [0.25, 0.3) is 22.8 Å². The molecule has 0 aliphatic rings. The molecule has 4 N–H and O–H groups in total. The molecule has 0 saturated heterocycles. The van der Waals surface area contributed by atoms with Crippen molar-refractivity contribution in [1.82, 2.24) is 29.9 Å². The van der Waals surface area contributed by atoms with E-state index in [2.05, 4.69) is 79.8 Å². The average Bonchev–Trinajstić information content (AvgIpc) is 4.08. The number of ether oxygens (including phenoxy) is 2. The molecule has 0 radical (unpaired) electrons. The number of carboxylic acids is 1. The molecule has 6 heterocycles. The van der Waals surface area contributed by atoms with Crippen molar-refractivity contribution in [3.05, 3.63) is 109 Å². The maximum Gasteiger partial charge on any atom is 1.00 e. The van der Waals surface area contributed by atoms with Crippen LogP contribution in [0, 0.1) is 0 Å². The van der Waals surface area contributed by atoms with Crippen LogP contribution in [0.3, 0.4) is 0 Å². The van der Waals surface area contributed by atoms with Crippen molar-refractivity contribution >= 4 is 89.9 Å². The second-order valence-corrected chi connectivity index (χ2v) is 29.4. The van der Waals surface area contributed by atoms with Crippen LogP contribution in [0.4, 0.5) is 0 Å². The number of hydrogen-bond donors (Lipinski definition) is 1. The fourth-order valence-corrected chi connectivity index (χ4v) is 23.9. The summed E-state index contributed by atoms with van der Waals surface area (Å²) in [6, 6.07) is 17.4. The van der Waals surface area contributed by atoms with Gasteiger partial charge in [0.05, 0.1) is 41.1 Å². The van der Waals surface area contributed by atoms with E-state index in [-0.39, 0.29) is 46.6 Å². The average molecular weight is 1090 g/mol. The third kappa shape index (κ3) is 19.7. The van der Waals surface area contributed by atoms with Crippen LogP contribution in [-0.4, -0.2) is 95.5 Å². The summed E-state index contributed by atoms with van der Waals surface area (Å²) in [5.41, 5.74) is 7.02. The van der Waals surface area contributed by atoms with Crippen molar-refractivity contribution in [2.24, 2.45) is 0 Å². The maximum absolute atomic E-state index is 11.6. The minimum Gasteiger partial charge on any atom is -0.870 e. The predicted molar refractivity (Wildman–Crippen MR) is 254 cm³/mol. The van der Waals surface area contributed by atoms with Gasteiger partial charge in [-0.05, 0) is 54.0 Å². The number of carbonyl (C=O) groups is 3. The summed E-state index contributed by atoms with van der Waals surface area (Å²) in [7, 11) is 0. The molecule has 0 fully saturated rings. The fraction of sp³-hybridized carbons (Fsp3) is 0.372. The van der Waals surface area contributed by atoms with Gasteiger partial charge in [-0.25, -0.2) is 29.3 Å². The van der Waals surface area contributed by atoms with Crippen LogP contribution in [0.2, 0.25) is 13.3 Å². The van der Waals surface area contributed by atoms with Gasteiger partial charge in [-0.1, -0.05) is 12.1 Å². The van der Waals surface area contributed by atoms with Gasteiger partial charge in [-0.2, -0.15) is 0 Å². The SMILES string of the molecule is CCC[CH2][Sn]([CH2]CCC)([CH2]CCC)[c]1ccccn1.CCOC(=O)c1scnc1-c1ccccn1.CCOC(=O)c1scnc1Br.O.O=C(O)c1scnc1-c1ccccn1.[Li+].[OH-]. The van der Waals surface area contributed by atoms with Gasteiger partial charge in [0.25, 0.3) is 0 Å². The zero-order chi connectivity index (χ0) is 43.6. The third-order valence-electron chi connectivity index (χ3n) is 8.82. The van der Waals surface area contributed by atoms with Crippen molar-refractivity contribution in [1.29, 1.82) is 0 Å². The molecule has 6 aromatic rings. The number of aromatic carboxylic acids is 1. The van der Waals surface area contributed by atoms with E-state index in [0.29, 0.717) is 50.3 Å². The Morgan fingerprint density at radius 2 is 1.02 bits per heavy atom. The Bertz CT molecular complexity index is 2110. The second-order valence-electron chi connectivity index (χ2n) is 13.0. The van der Waals surface area contributed by atoms with E-state index < -0.39 is 24.3 Å². The van der Waals surface area contributed by atoms with Gasteiger partial charge in [0.2, 0.25) is 0 Å². The summed E-state index contributed by atoms with van der Waals surface area (Å²) in [6.45, 7) is 11.3. The first-order valence-corrected chi connectivity index (χ1v) is 30.8. The molecule has 6 rings (SSSR count). The molecule has 0 aliphatic carbocycles. The second kappa shape index (κ2) is 34.0. The summed E-state index contributed by atoms with van der Waals surface area (Å²) in [5, 5.41) is 8.86. The Morgan fingerprint density at radius 1 is 0.603 bits per heavy atom. The molecule has 0 atom stereocenters. The molecule has 0 aliphatic heterocycles. The van der Waals surface area contributed by atoms with E-state index in [4.69, 9.17) is 19.6 Å². The number of unbranched alkanes of at least 4 members (excludes halogenated alkanes) is 3. The van der Waals surface area contributed by atoms with Crippen molar-refractivity contribution in [2.45, 2.75) is 86.5 Å². The summed E-state index contributed by atoms with van der Waals surface area (Å²) in [5.74, 6) is -1.62. The molecule has 336 valence electrons. The van der Waals surface area contributed by atoms with E-state index in [1.165, 1.54) is 80.0 Å². The summed E-state index contributed by atoms with van der Waals surface area (Å²) >= 11 is 4.56. The van der Waals surface area contributed by atoms with Crippen LogP contribution in [0.15, 0.2) is 94.3 Å². The van der Waals surface area contributed by atoms with Gasteiger partial charge < -0.3 is 25.5 Å². The molecular formula is C43H56BrLiN6O8S3Sn. The van der Waals surface area contributed by atoms with E-state index in [1.54, 1.807) is 59.2 Å². The minimum absolute atomic E-state index is 0. The molecule has 14 nitrogen and oxygen atoms in total. The van der Waals surface area contributed by atoms with Crippen LogP contribution in [0.5, 0.6) is 0 Å². The van der Waals surface area contributed by atoms with E-state index in [1.807, 2.05) is 24.4 Å². The topological polar surface area (TPSA) is 229 Å².